The fourth-order valence-electron chi connectivity index (χ4n) is 1.25. The van der Waals surface area contributed by atoms with Crippen LogP contribution in [0.4, 0.5) is 0 Å². The van der Waals surface area contributed by atoms with E-state index in [0.717, 1.165) is 38.5 Å². The summed E-state index contributed by atoms with van der Waals surface area (Å²) in [7, 11) is 0. The van der Waals surface area contributed by atoms with E-state index in [1.165, 1.54) is 12.8 Å². The number of carbonyl (C=O) groups is 1. The zero-order valence-electron chi connectivity index (χ0n) is 9.05. The van der Waals surface area contributed by atoms with Gasteiger partial charge in [-0.05, 0) is 31.6 Å². The summed E-state index contributed by atoms with van der Waals surface area (Å²) in [5, 5.41) is 2.87. The molecule has 0 radical (unpaired) electrons. The van der Waals surface area contributed by atoms with Crippen LogP contribution in [0.3, 0.4) is 0 Å². The number of rotatable bonds is 8. The molecule has 1 amide bonds. The van der Waals surface area contributed by atoms with Gasteiger partial charge in [0.15, 0.2) is 0 Å². The van der Waals surface area contributed by atoms with Gasteiger partial charge in [0.1, 0.15) is 0 Å². The largest absolute Gasteiger partial charge is 0.381 e. The third-order valence-electron chi connectivity index (χ3n) is 2.32. The lowest BCUT2D eigenvalue weighted by molar-refractivity contribution is -0.121. The molecule has 0 aromatic carbocycles. The molecule has 3 heteroatoms. The molecule has 0 unspecified atom stereocenters. The molecule has 14 heavy (non-hydrogen) atoms. The molecule has 1 N–H and O–H groups in total. The molecule has 0 aliphatic heterocycles. The fraction of sp³-hybridized carbons (Fsp3) is 0.909. The van der Waals surface area contributed by atoms with Gasteiger partial charge >= 0.3 is 0 Å². The molecule has 0 heterocycles. The molecule has 3 nitrogen and oxygen atoms in total. The van der Waals surface area contributed by atoms with E-state index in [-0.39, 0.29) is 5.91 Å². The summed E-state index contributed by atoms with van der Waals surface area (Å²) in [5.41, 5.74) is 0. The van der Waals surface area contributed by atoms with Gasteiger partial charge < -0.3 is 10.1 Å². The van der Waals surface area contributed by atoms with E-state index >= 15 is 0 Å². The summed E-state index contributed by atoms with van der Waals surface area (Å²) in [4.78, 5) is 11.0. The molecule has 0 aromatic rings. The number of hydrogen-bond donors (Lipinski definition) is 1. The van der Waals surface area contributed by atoms with Crippen molar-refractivity contribution in [3.63, 3.8) is 0 Å². The van der Waals surface area contributed by atoms with Crippen LogP contribution in [0.5, 0.6) is 0 Å². The molecule has 1 fully saturated rings. The first-order chi connectivity index (χ1) is 6.83. The highest BCUT2D eigenvalue weighted by Gasteiger charge is 2.20. The summed E-state index contributed by atoms with van der Waals surface area (Å²) < 4.78 is 5.45. The fourth-order valence-corrected chi connectivity index (χ4v) is 1.25. The minimum atomic E-state index is 0.162. The van der Waals surface area contributed by atoms with Crippen LogP contribution in [-0.2, 0) is 9.53 Å². The molecule has 0 bridgehead atoms. The minimum Gasteiger partial charge on any atom is -0.381 e. The van der Waals surface area contributed by atoms with Crippen molar-refractivity contribution in [2.45, 2.75) is 39.0 Å². The van der Waals surface area contributed by atoms with E-state index in [1.807, 2.05) is 6.92 Å². The van der Waals surface area contributed by atoms with Gasteiger partial charge in [0.05, 0.1) is 0 Å². The molecular formula is C11H21NO2. The number of amides is 1. The Hall–Kier alpha value is -0.570. The zero-order chi connectivity index (χ0) is 10.2. The first-order valence-corrected chi connectivity index (χ1v) is 5.67. The van der Waals surface area contributed by atoms with E-state index in [9.17, 15) is 4.79 Å². The van der Waals surface area contributed by atoms with Crippen molar-refractivity contribution in [3.8, 4) is 0 Å². The first kappa shape index (κ1) is 11.5. The molecule has 0 atom stereocenters. The van der Waals surface area contributed by atoms with Crippen LogP contribution in [-0.4, -0.2) is 25.7 Å². The molecule has 1 aliphatic carbocycles. The van der Waals surface area contributed by atoms with Gasteiger partial charge in [-0.15, -0.1) is 0 Å². The van der Waals surface area contributed by atoms with Crippen LogP contribution in [0, 0.1) is 5.92 Å². The maximum Gasteiger partial charge on any atom is 0.219 e. The quantitative estimate of drug-likeness (QED) is 0.604. The molecular weight excluding hydrogens is 178 g/mol. The Bertz CT molecular complexity index is 167. The van der Waals surface area contributed by atoms with E-state index in [0.29, 0.717) is 6.42 Å². The van der Waals surface area contributed by atoms with Gasteiger partial charge in [0.2, 0.25) is 5.91 Å². The summed E-state index contributed by atoms with van der Waals surface area (Å²) in [5.74, 6) is 0.999. The molecule has 1 aliphatic rings. The van der Waals surface area contributed by atoms with Crippen molar-refractivity contribution >= 4 is 5.91 Å². The second-order valence-electron chi connectivity index (χ2n) is 3.97. The van der Waals surface area contributed by atoms with Crippen LogP contribution in [0.1, 0.15) is 39.0 Å². The Balaban J connectivity index is 1.76. The lowest BCUT2D eigenvalue weighted by Crippen LogP contribution is -2.24. The summed E-state index contributed by atoms with van der Waals surface area (Å²) in [6.45, 7) is 4.47. The second kappa shape index (κ2) is 6.82. The van der Waals surface area contributed by atoms with E-state index in [4.69, 9.17) is 4.74 Å². The predicted octanol–water partition coefficient (Wildman–Crippen LogP) is 1.72. The van der Waals surface area contributed by atoms with Crippen molar-refractivity contribution in [2.75, 3.05) is 19.8 Å². The number of ether oxygens (including phenoxy) is 1. The Morgan fingerprint density at radius 1 is 1.50 bits per heavy atom. The monoisotopic (exact) mass is 199 g/mol. The third-order valence-corrected chi connectivity index (χ3v) is 2.32. The van der Waals surface area contributed by atoms with Crippen LogP contribution in [0.2, 0.25) is 0 Å². The average molecular weight is 199 g/mol. The maximum absolute atomic E-state index is 11.0. The van der Waals surface area contributed by atoms with Crippen LogP contribution >= 0.6 is 0 Å². The van der Waals surface area contributed by atoms with Crippen LogP contribution in [0.15, 0.2) is 0 Å². The van der Waals surface area contributed by atoms with Gasteiger partial charge in [0, 0.05) is 26.2 Å². The lowest BCUT2D eigenvalue weighted by atomic mass is 10.3. The van der Waals surface area contributed by atoms with Gasteiger partial charge in [-0.3, -0.25) is 4.79 Å². The Morgan fingerprint density at radius 2 is 2.29 bits per heavy atom. The standard InChI is InChI=1S/C11H21NO2/c1-2-4-11(13)12-7-3-8-14-9-10-5-6-10/h10H,2-9H2,1H3,(H,12,13). The van der Waals surface area contributed by atoms with E-state index < -0.39 is 0 Å². The molecule has 82 valence electrons. The number of carbonyl (C=O) groups excluding carboxylic acids is 1. The number of hydrogen-bond acceptors (Lipinski definition) is 2. The normalized spacial score (nSPS) is 15.5. The highest BCUT2D eigenvalue weighted by Crippen LogP contribution is 2.28. The Labute approximate surface area is 86.2 Å². The van der Waals surface area contributed by atoms with Crippen molar-refractivity contribution < 1.29 is 9.53 Å². The minimum absolute atomic E-state index is 0.162. The molecule has 0 saturated heterocycles. The topological polar surface area (TPSA) is 38.3 Å². The Kier molecular flexibility index (Phi) is 5.60. The number of nitrogens with one attached hydrogen (secondary N) is 1. The van der Waals surface area contributed by atoms with E-state index in [2.05, 4.69) is 5.32 Å². The van der Waals surface area contributed by atoms with Gasteiger partial charge in [-0.2, -0.15) is 0 Å². The predicted molar refractivity (Wildman–Crippen MR) is 56.1 cm³/mol. The summed E-state index contributed by atoms with van der Waals surface area (Å²) in [6.07, 6.45) is 5.18. The SMILES string of the molecule is CCCC(=O)NCCCOCC1CC1. The summed E-state index contributed by atoms with van der Waals surface area (Å²) in [6, 6.07) is 0. The first-order valence-electron chi connectivity index (χ1n) is 5.67. The summed E-state index contributed by atoms with van der Waals surface area (Å²) >= 11 is 0. The highest BCUT2D eigenvalue weighted by atomic mass is 16.5. The van der Waals surface area contributed by atoms with Gasteiger partial charge in [-0.25, -0.2) is 0 Å². The van der Waals surface area contributed by atoms with Gasteiger partial charge in [-0.1, -0.05) is 6.92 Å². The van der Waals surface area contributed by atoms with E-state index in [1.54, 1.807) is 0 Å². The average Bonchev–Trinajstić information content (AvgIpc) is 2.95. The molecule has 1 saturated carbocycles. The molecule has 0 aromatic heterocycles. The van der Waals surface area contributed by atoms with Crippen LogP contribution < -0.4 is 5.32 Å². The molecule has 0 spiro atoms. The van der Waals surface area contributed by atoms with Crippen molar-refractivity contribution in [1.29, 1.82) is 0 Å². The van der Waals surface area contributed by atoms with Crippen molar-refractivity contribution in [2.24, 2.45) is 5.92 Å². The van der Waals surface area contributed by atoms with Crippen molar-refractivity contribution in [1.82, 2.24) is 5.32 Å². The van der Waals surface area contributed by atoms with Gasteiger partial charge in [0.25, 0.3) is 0 Å². The van der Waals surface area contributed by atoms with Crippen molar-refractivity contribution in [3.05, 3.63) is 0 Å². The zero-order valence-corrected chi connectivity index (χ0v) is 9.05. The Morgan fingerprint density at radius 3 is 2.93 bits per heavy atom. The molecule has 1 rings (SSSR count). The lowest BCUT2D eigenvalue weighted by Gasteiger charge is -2.04. The second-order valence-corrected chi connectivity index (χ2v) is 3.97. The van der Waals surface area contributed by atoms with Crippen LogP contribution in [0.25, 0.3) is 0 Å². The third kappa shape index (κ3) is 5.97. The smallest absolute Gasteiger partial charge is 0.219 e. The highest BCUT2D eigenvalue weighted by molar-refractivity contribution is 5.75. The maximum atomic E-state index is 11.0.